The Bertz CT molecular complexity index is 1320. The zero-order valence-electron chi connectivity index (χ0n) is 18.7. The summed E-state index contributed by atoms with van der Waals surface area (Å²) in [6.45, 7) is 4.84. The number of rotatable bonds is 6. The number of hydrogen-bond acceptors (Lipinski definition) is 8. The molecule has 9 nitrogen and oxygen atoms in total. The third-order valence-corrected chi connectivity index (χ3v) is 5.94. The lowest BCUT2D eigenvalue weighted by atomic mass is 10.2. The van der Waals surface area contributed by atoms with Gasteiger partial charge in [0.2, 0.25) is 0 Å². The summed E-state index contributed by atoms with van der Waals surface area (Å²) in [6.07, 6.45) is 0. The Kier molecular flexibility index (Phi) is 6.13. The van der Waals surface area contributed by atoms with Crippen molar-refractivity contribution in [3.63, 3.8) is 0 Å². The monoisotopic (exact) mass is 474 g/mol. The Balaban J connectivity index is 1.44. The van der Waals surface area contributed by atoms with Gasteiger partial charge in [-0.25, -0.2) is 14.6 Å². The molecule has 0 fully saturated rings. The molecule has 0 atom stereocenters. The number of para-hydroxylation sites is 1. The summed E-state index contributed by atoms with van der Waals surface area (Å²) >= 11 is 1.43. The predicted molar refractivity (Wildman–Crippen MR) is 128 cm³/mol. The molecule has 5 rings (SSSR count). The van der Waals surface area contributed by atoms with Gasteiger partial charge in [-0.2, -0.15) is 0 Å². The van der Waals surface area contributed by atoms with Gasteiger partial charge in [0.15, 0.2) is 22.3 Å². The average molecular weight is 475 g/mol. The van der Waals surface area contributed by atoms with Gasteiger partial charge < -0.3 is 14.8 Å². The summed E-state index contributed by atoms with van der Waals surface area (Å²) in [5.74, 6) is 1.30. The lowest BCUT2D eigenvalue weighted by Gasteiger charge is -2.18. The highest BCUT2D eigenvalue weighted by Gasteiger charge is 2.22. The van der Waals surface area contributed by atoms with Crippen molar-refractivity contribution < 1.29 is 14.3 Å². The van der Waals surface area contributed by atoms with Crippen LogP contribution in [0, 0.1) is 13.8 Å². The van der Waals surface area contributed by atoms with Crippen LogP contribution in [0.5, 0.6) is 11.5 Å². The van der Waals surface area contributed by atoms with Crippen LogP contribution in [0.3, 0.4) is 0 Å². The van der Waals surface area contributed by atoms with Gasteiger partial charge in [-0.15, -0.1) is 5.10 Å². The minimum absolute atomic E-state index is 0.232. The van der Waals surface area contributed by atoms with Crippen molar-refractivity contribution in [2.75, 3.05) is 18.5 Å². The van der Waals surface area contributed by atoms with Crippen LogP contribution in [-0.4, -0.2) is 44.1 Å². The van der Waals surface area contributed by atoms with Crippen LogP contribution in [0.25, 0.3) is 5.69 Å². The fourth-order valence-corrected chi connectivity index (χ4v) is 4.53. The smallest absolute Gasteiger partial charge is 0.278 e. The van der Waals surface area contributed by atoms with Gasteiger partial charge in [0, 0.05) is 28.9 Å². The normalized spacial score (nSPS) is 12.4. The number of hydrogen-bond donors (Lipinski definition) is 1. The van der Waals surface area contributed by atoms with Gasteiger partial charge in [0.1, 0.15) is 13.2 Å². The summed E-state index contributed by atoms with van der Waals surface area (Å²) in [4.78, 5) is 22.2. The van der Waals surface area contributed by atoms with Gasteiger partial charge in [0.05, 0.1) is 11.4 Å². The molecule has 2 aromatic heterocycles. The number of benzene rings is 2. The summed E-state index contributed by atoms with van der Waals surface area (Å²) in [7, 11) is 0. The summed E-state index contributed by atoms with van der Waals surface area (Å²) in [5, 5.41) is 12.0. The molecule has 4 aromatic rings. The van der Waals surface area contributed by atoms with Gasteiger partial charge >= 0.3 is 0 Å². The number of amides is 1. The Morgan fingerprint density at radius 3 is 2.50 bits per heavy atom. The van der Waals surface area contributed by atoms with E-state index in [0.717, 1.165) is 17.1 Å². The van der Waals surface area contributed by atoms with E-state index in [9.17, 15) is 4.79 Å². The molecule has 1 amide bonds. The number of anilines is 1. The fourth-order valence-electron chi connectivity index (χ4n) is 3.59. The van der Waals surface area contributed by atoms with Crippen LogP contribution in [0.15, 0.2) is 59.8 Å². The summed E-state index contributed by atoms with van der Waals surface area (Å²) < 4.78 is 12.8. The highest BCUT2D eigenvalue weighted by molar-refractivity contribution is 7.98. The third-order valence-electron chi connectivity index (χ3n) is 5.08. The van der Waals surface area contributed by atoms with Gasteiger partial charge in [-0.05, 0) is 44.2 Å². The van der Waals surface area contributed by atoms with Crippen LogP contribution in [0.1, 0.15) is 27.6 Å². The van der Waals surface area contributed by atoms with E-state index in [2.05, 4.69) is 25.6 Å². The van der Waals surface area contributed by atoms with E-state index in [1.807, 2.05) is 50.2 Å². The molecule has 2 aromatic carbocycles. The first-order valence-corrected chi connectivity index (χ1v) is 11.7. The minimum atomic E-state index is -0.365. The second-order valence-corrected chi connectivity index (χ2v) is 8.61. The second kappa shape index (κ2) is 9.52. The summed E-state index contributed by atoms with van der Waals surface area (Å²) in [5.41, 5.74) is 4.05. The number of carbonyl (C=O) groups is 1. The quantitative estimate of drug-likeness (QED) is 0.330. The molecule has 0 radical (unpaired) electrons. The van der Waals surface area contributed by atoms with Crippen molar-refractivity contribution in [1.82, 2.24) is 25.0 Å². The van der Waals surface area contributed by atoms with Gasteiger partial charge in [0.25, 0.3) is 5.91 Å². The highest BCUT2D eigenvalue weighted by Crippen LogP contribution is 2.33. The molecule has 0 saturated carbocycles. The largest absolute Gasteiger partial charge is 0.486 e. The number of nitrogens with one attached hydrogen (secondary N) is 1. The molecule has 0 bridgehead atoms. The van der Waals surface area contributed by atoms with E-state index in [1.54, 1.807) is 22.9 Å². The Hall–Kier alpha value is -3.92. The zero-order chi connectivity index (χ0) is 23.5. The number of carbonyl (C=O) groups excluding carboxylic acids is 1. The lowest BCUT2D eigenvalue weighted by molar-refractivity contribution is 0.102. The number of aromatic nitrogens is 5. The molecule has 10 heteroatoms. The molecular weight excluding hydrogens is 452 g/mol. The van der Waals surface area contributed by atoms with Crippen molar-refractivity contribution in [2.24, 2.45) is 0 Å². The Labute approximate surface area is 200 Å². The summed E-state index contributed by atoms with van der Waals surface area (Å²) in [6, 6.07) is 16.8. The van der Waals surface area contributed by atoms with Gasteiger partial charge in [-0.1, -0.05) is 35.2 Å². The fraction of sp³-hybridized carbons (Fsp3) is 0.208. The first kappa shape index (κ1) is 21.9. The number of aryl methyl sites for hydroxylation is 2. The number of fused-ring (bicyclic) bond motifs is 1. The number of thioether (sulfide) groups is 1. The molecule has 1 N–H and O–H groups in total. The number of nitrogens with zero attached hydrogens (tertiary/aromatic N) is 5. The van der Waals surface area contributed by atoms with E-state index in [4.69, 9.17) is 9.47 Å². The van der Waals surface area contributed by atoms with Crippen molar-refractivity contribution >= 4 is 23.4 Å². The van der Waals surface area contributed by atoms with E-state index in [-0.39, 0.29) is 11.6 Å². The molecule has 1 aliphatic heterocycles. The molecule has 1 aliphatic rings. The SMILES string of the molecule is Cc1cc(C)nc(SCc2c(C(=O)Nc3ccc4c(c3)OCCO4)nnn2-c2ccccc2)n1. The van der Waals surface area contributed by atoms with Crippen molar-refractivity contribution in [1.29, 1.82) is 0 Å². The van der Waals surface area contributed by atoms with Crippen LogP contribution in [-0.2, 0) is 5.75 Å². The third kappa shape index (κ3) is 4.72. The van der Waals surface area contributed by atoms with Crippen molar-refractivity contribution in [3.8, 4) is 17.2 Å². The number of ether oxygens (including phenoxy) is 2. The van der Waals surface area contributed by atoms with Crippen LogP contribution in [0.4, 0.5) is 5.69 Å². The van der Waals surface area contributed by atoms with Crippen molar-refractivity contribution in [2.45, 2.75) is 24.8 Å². The van der Waals surface area contributed by atoms with E-state index in [1.165, 1.54) is 11.8 Å². The molecule has 0 aliphatic carbocycles. The molecular formula is C24H22N6O3S. The average Bonchev–Trinajstić information content (AvgIpc) is 3.27. The van der Waals surface area contributed by atoms with Gasteiger partial charge in [-0.3, -0.25) is 4.79 Å². The lowest BCUT2D eigenvalue weighted by Crippen LogP contribution is -2.17. The first-order chi connectivity index (χ1) is 16.6. The Morgan fingerprint density at radius 2 is 1.74 bits per heavy atom. The van der Waals surface area contributed by atoms with Crippen LogP contribution < -0.4 is 14.8 Å². The maximum Gasteiger partial charge on any atom is 0.278 e. The zero-order valence-corrected chi connectivity index (χ0v) is 19.5. The maximum atomic E-state index is 13.2. The minimum Gasteiger partial charge on any atom is -0.486 e. The van der Waals surface area contributed by atoms with Crippen molar-refractivity contribution in [3.05, 3.63) is 77.4 Å². The highest BCUT2D eigenvalue weighted by atomic mass is 32.2. The van der Waals surface area contributed by atoms with E-state index in [0.29, 0.717) is 47.0 Å². The van der Waals surface area contributed by atoms with E-state index >= 15 is 0 Å². The standard InChI is InChI=1S/C24H22N6O3S/c1-15-12-16(2)26-24(25-15)34-14-19-22(28-29-30(19)18-6-4-3-5-7-18)23(31)27-17-8-9-20-21(13-17)33-11-10-32-20/h3-9,12-13H,10-11,14H2,1-2H3,(H,27,31). The van der Waals surface area contributed by atoms with E-state index < -0.39 is 0 Å². The molecule has 0 saturated heterocycles. The molecule has 172 valence electrons. The second-order valence-electron chi connectivity index (χ2n) is 7.67. The van der Waals surface area contributed by atoms with Crippen LogP contribution in [0.2, 0.25) is 0 Å². The Morgan fingerprint density at radius 1 is 1.00 bits per heavy atom. The molecule has 34 heavy (non-hydrogen) atoms. The predicted octanol–water partition coefficient (Wildman–Crippen LogP) is 3.99. The maximum absolute atomic E-state index is 13.2. The molecule has 3 heterocycles. The first-order valence-electron chi connectivity index (χ1n) is 10.7. The molecule has 0 unspecified atom stereocenters. The topological polar surface area (TPSA) is 104 Å². The molecule has 0 spiro atoms. The van der Waals surface area contributed by atoms with Crippen LogP contribution >= 0.6 is 11.8 Å².